The Hall–Kier alpha value is -2.35. The lowest BCUT2D eigenvalue weighted by Crippen LogP contribution is -2.47. The van der Waals surface area contributed by atoms with Crippen LogP contribution in [-0.2, 0) is 16.0 Å². The fourth-order valence-corrected chi connectivity index (χ4v) is 4.08. The molecule has 5 heteroatoms. The predicted octanol–water partition coefficient (Wildman–Crippen LogP) is 2.41. The molecule has 1 aromatic carbocycles. The Morgan fingerprint density at radius 2 is 1.96 bits per heavy atom. The van der Waals surface area contributed by atoms with Crippen molar-refractivity contribution in [2.45, 2.75) is 45.1 Å². The maximum absolute atomic E-state index is 13.2. The molecule has 1 saturated carbocycles. The van der Waals surface area contributed by atoms with Crippen molar-refractivity contribution in [3.05, 3.63) is 29.8 Å². The number of nitrogens with one attached hydrogen (secondary N) is 1. The van der Waals surface area contributed by atoms with E-state index >= 15 is 0 Å². The second kappa shape index (κ2) is 7.04. The van der Waals surface area contributed by atoms with Gasteiger partial charge in [0.25, 0.3) is 0 Å². The van der Waals surface area contributed by atoms with Gasteiger partial charge in [-0.05, 0) is 37.8 Å². The van der Waals surface area contributed by atoms with E-state index in [-0.39, 0.29) is 36.2 Å². The number of para-hydroxylation sites is 1. The van der Waals surface area contributed by atoms with Crippen molar-refractivity contribution in [3.8, 4) is 6.07 Å². The molecule has 1 fully saturated rings. The van der Waals surface area contributed by atoms with Gasteiger partial charge in [-0.25, -0.2) is 0 Å². The molecule has 3 atom stereocenters. The first-order chi connectivity index (χ1) is 11.6. The average molecular weight is 325 g/mol. The number of benzene rings is 1. The number of nitriles is 1. The van der Waals surface area contributed by atoms with Crippen molar-refractivity contribution in [3.63, 3.8) is 0 Å². The molecule has 1 aromatic rings. The summed E-state index contributed by atoms with van der Waals surface area (Å²) in [5, 5.41) is 11.3. The molecule has 126 valence electrons. The lowest BCUT2D eigenvalue weighted by molar-refractivity contribution is -0.135. The monoisotopic (exact) mass is 325 g/mol. The molecule has 3 rings (SSSR count). The van der Waals surface area contributed by atoms with Gasteiger partial charge in [-0.15, -0.1) is 0 Å². The highest BCUT2D eigenvalue weighted by atomic mass is 16.2. The van der Waals surface area contributed by atoms with E-state index in [1.54, 1.807) is 0 Å². The van der Waals surface area contributed by atoms with Gasteiger partial charge >= 0.3 is 0 Å². The molecular formula is C19H23N3O2. The maximum Gasteiger partial charge on any atom is 0.231 e. The second-order valence-electron chi connectivity index (χ2n) is 6.76. The largest absolute Gasteiger partial charge is 0.343 e. The molecule has 0 radical (unpaired) electrons. The van der Waals surface area contributed by atoms with Crippen molar-refractivity contribution in [2.24, 2.45) is 11.8 Å². The molecule has 5 nitrogen and oxygen atoms in total. The summed E-state index contributed by atoms with van der Waals surface area (Å²) >= 11 is 0. The van der Waals surface area contributed by atoms with Crippen LogP contribution in [0.5, 0.6) is 0 Å². The molecule has 2 aliphatic rings. The first kappa shape index (κ1) is 16.5. The highest BCUT2D eigenvalue weighted by Crippen LogP contribution is 2.37. The number of fused-ring (bicyclic) bond motifs is 1. The fraction of sp³-hybridized carbons (Fsp3) is 0.526. The van der Waals surface area contributed by atoms with Gasteiger partial charge in [-0.1, -0.05) is 31.0 Å². The zero-order valence-corrected chi connectivity index (χ0v) is 14.0. The summed E-state index contributed by atoms with van der Waals surface area (Å²) in [6.07, 6.45) is 4.26. The fourth-order valence-electron chi connectivity index (χ4n) is 4.08. The van der Waals surface area contributed by atoms with Crippen molar-refractivity contribution in [2.75, 3.05) is 11.4 Å². The standard InChI is InChI=1S/C19H23N3O2/c1-13-12-14-6-2-5-9-17(14)22(13)19(24)16-8-4-3-7-15(16)18(23)21-11-10-20/h2,5-6,9,13,15-16H,3-4,7-8,11-12H2,1H3,(H,21,23)/t13-,15-,16+/m1/s1. The first-order valence-electron chi connectivity index (χ1n) is 8.69. The topological polar surface area (TPSA) is 73.2 Å². The zero-order chi connectivity index (χ0) is 17.1. The summed E-state index contributed by atoms with van der Waals surface area (Å²) in [5.41, 5.74) is 2.18. The summed E-state index contributed by atoms with van der Waals surface area (Å²) in [6, 6.07) is 10.1. The molecule has 0 aromatic heterocycles. The van der Waals surface area contributed by atoms with E-state index in [0.717, 1.165) is 37.8 Å². The van der Waals surface area contributed by atoms with Gasteiger partial charge in [0.05, 0.1) is 12.0 Å². The van der Waals surface area contributed by atoms with Crippen LogP contribution in [0.4, 0.5) is 5.69 Å². The molecule has 2 amide bonds. The van der Waals surface area contributed by atoms with E-state index < -0.39 is 0 Å². The third-order valence-electron chi connectivity index (χ3n) is 5.21. The number of anilines is 1. The van der Waals surface area contributed by atoms with Crippen LogP contribution in [0.3, 0.4) is 0 Å². The molecule has 24 heavy (non-hydrogen) atoms. The summed E-state index contributed by atoms with van der Waals surface area (Å²) in [7, 11) is 0. The van der Waals surface area contributed by atoms with Gasteiger partial charge in [-0.2, -0.15) is 5.26 Å². The van der Waals surface area contributed by atoms with Crippen molar-refractivity contribution in [1.29, 1.82) is 5.26 Å². The summed E-state index contributed by atoms with van der Waals surface area (Å²) in [6.45, 7) is 2.06. The summed E-state index contributed by atoms with van der Waals surface area (Å²) in [4.78, 5) is 27.5. The van der Waals surface area contributed by atoms with Crippen LogP contribution < -0.4 is 10.2 Å². The zero-order valence-electron chi connectivity index (χ0n) is 14.0. The number of rotatable bonds is 3. The third-order valence-corrected chi connectivity index (χ3v) is 5.21. The maximum atomic E-state index is 13.2. The number of carbonyl (C=O) groups is 2. The van der Waals surface area contributed by atoms with Gasteiger partial charge in [0.2, 0.25) is 11.8 Å². The van der Waals surface area contributed by atoms with E-state index in [9.17, 15) is 9.59 Å². The van der Waals surface area contributed by atoms with E-state index in [0.29, 0.717) is 0 Å². The predicted molar refractivity (Wildman–Crippen MR) is 91.2 cm³/mol. The Balaban J connectivity index is 1.82. The molecular weight excluding hydrogens is 302 g/mol. The van der Waals surface area contributed by atoms with Gasteiger partial charge in [0.15, 0.2) is 0 Å². The van der Waals surface area contributed by atoms with Gasteiger partial charge in [0.1, 0.15) is 6.54 Å². The summed E-state index contributed by atoms with van der Waals surface area (Å²) < 4.78 is 0. The Labute approximate surface area is 142 Å². The van der Waals surface area contributed by atoms with Crippen LogP contribution >= 0.6 is 0 Å². The van der Waals surface area contributed by atoms with Crippen molar-refractivity contribution < 1.29 is 9.59 Å². The molecule has 0 saturated heterocycles. The highest BCUT2D eigenvalue weighted by Gasteiger charge is 2.41. The Kier molecular flexibility index (Phi) is 4.84. The Morgan fingerprint density at radius 1 is 1.25 bits per heavy atom. The lowest BCUT2D eigenvalue weighted by Gasteiger charge is -2.34. The van der Waals surface area contributed by atoms with Crippen LogP contribution in [0.1, 0.15) is 38.2 Å². The molecule has 1 heterocycles. The molecule has 0 bridgehead atoms. The lowest BCUT2D eigenvalue weighted by atomic mass is 9.77. The third kappa shape index (κ3) is 3.01. The van der Waals surface area contributed by atoms with Gasteiger partial charge < -0.3 is 10.2 Å². The molecule has 1 aliphatic carbocycles. The van der Waals surface area contributed by atoms with Crippen LogP contribution in [0.15, 0.2) is 24.3 Å². The average Bonchev–Trinajstić information content (AvgIpc) is 2.94. The van der Waals surface area contributed by atoms with Gasteiger partial charge in [0, 0.05) is 17.6 Å². The molecule has 0 unspecified atom stereocenters. The minimum absolute atomic E-state index is 0.000799. The quantitative estimate of drug-likeness (QED) is 0.867. The van der Waals surface area contributed by atoms with Crippen molar-refractivity contribution >= 4 is 17.5 Å². The van der Waals surface area contributed by atoms with E-state index in [1.165, 1.54) is 5.56 Å². The van der Waals surface area contributed by atoms with Crippen molar-refractivity contribution in [1.82, 2.24) is 5.32 Å². The minimum atomic E-state index is -0.320. The Morgan fingerprint density at radius 3 is 2.71 bits per heavy atom. The number of nitrogens with zero attached hydrogens (tertiary/aromatic N) is 2. The number of hydrogen-bond acceptors (Lipinski definition) is 3. The molecule has 1 N–H and O–H groups in total. The second-order valence-corrected chi connectivity index (χ2v) is 6.76. The SMILES string of the molecule is C[C@@H]1Cc2ccccc2N1C(=O)[C@H]1CCCC[C@H]1C(=O)NCC#N. The highest BCUT2D eigenvalue weighted by molar-refractivity contribution is 6.00. The van der Waals surface area contributed by atoms with E-state index in [4.69, 9.17) is 5.26 Å². The van der Waals surface area contributed by atoms with E-state index in [1.807, 2.05) is 29.2 Å². The molecule has 0 spiro atoms. The van der Waals surface area contributed by atoms with Crippen LogP contribution in [0.25, 0.3) is 0 Å². The number of amides is 2. The van der Waals surface area contributed by atoms with Crippen LogP contribution in [0, 0.1) is 23.2 Å². The molecule has 1 aliphatic heterocycles. The van der Waals surface area contributed by atoms with Crippen LogP contribution in [-0.4, -0.2) is 24.4 Å². The normalized spacial score (nSPS) is 25.7. The Bertz CT molecular complexity index is 679. The van der Waals surface area contributed by atoms with E-state index in [2.05, 4.69) is 18.3 Å². The smallest absolute Gasteiger partial charge is 0.231 e. The summed E-state index contributed by atoms with van der Waals surface area (Å²) in [5.74, 6) is -0.704. The minimum Gasteiger partial charge on any atom is -0.343 e. The number of carbonyl (C=O) groups excluding carboxylic acids is 2. The number of hydrogen-bond donors (Lipinski definition) is 1. The first-order valence-corrected chi connectivity index (χ1v) is 8.69. The van der Waals surface area contributed by atoms with Gasteiger partial charge in [-0.3, -0.25) is 9.59 Å². The van der Waals surface area contributed by atoms with Crippen LogP contribution in [0.2, 0.25) is 0 Å².